The molecule has 2 heterocycles. The lowest BCUT2D eigenvalue weighted by atomic mass is 10.1. The van der Waals surface area contributed by atoms with Gasteiger partial charge in [0.05, 0.1) is 30.7 Å². The van der Waals surface area contributed by atoms with Gasteiger partial charge in [-0.1, -0.05) is 24.3 Å². The first kappa shape index (κ1) is 17.2. The topological polar surface area (TPSA) is 50.9 Å². The number of nitrogens with zero attached hydrogens (tertiary/aromatic N) is 5. The molecule has 0 bridgehead atoms. The van der Waals surface area contributed by atoms with E-state index >= 15 is 0 Å². The van der Waals surface area contributed by atoms with Crippen LogP contribution >= 0.6 is 12.2 Å². The van der Waals surface area contributed by atoms with Crippen molar-refractivity contribution in [2.45, 2.75) is 20.0 Å². The number of benzene rings is 1. The van der Waals surface area contributed by atoms with Crippen LogP contribution in [0.3, 0.4) is 0 Å². The molecule has 2 aromatic heterocycles. The van der Waals surface area contributed by atoms with E-state index in [9.17, 15) is 0 Å². The molecule has 0 fully saturated rings. The predicted molar refractivity (Wildman–Crippen MR) is 103 cm³/mol. The molecule has 0 saturated carbocycles. The Bertz CT molecular complexity index is 866. The van der Waals surface area contributed by atoms with Crippen LogP contribution in [0.15, 0.2) is 48.9 Å². The first-order chi connectivity index (χ1) is 12.0. The van der Waals surface area contributed by atoms with Crippen LogP contribution in [0.2, 0.25) is 0 Å². The van der Waals surface area contributed by atoms with E-state index in [0.29, 0.717) is 11.7 Å². The first-order valence-corrected chi connectivity index (χ1v) is 8.49. The molecule has 25 heavy (non-hydrogen) atoms. The number of hydrogen-bond donors (Lipinski definition) is 1. The number of hydrogen-bond acceptors (Lipinski definition) is 3. The van der Waals surface area contributed by atoms with Crippen molar-refractivity contribution < 1.29 is 0 Å². The van der Waals surface area contributed by atoms with Crippen molar-refractivity contribution in [2.24, 2.45) is 7.05 Å². The van der Waals surface area contributed by atoms with Crippen molar-refractivity contribution in [1.82, 2.24) is 24.5 Å². The summed E-state index contributed by atoms with van der Waals surface area (Å²) in [5.74, 6) is 0. The summed E-state index contributed by atoms with van der Waals surface area (Å²) in [6.07, 6.45) is 5.68. The van der Waals surface area contributed by atoms with Gasteiger partial charge in [-0.2, -0.15) is 10.2 Å². The summed E-state index contributed by atoms with van der Waals surface area (Å²) in [6, 6.07) is 10.3. The first-order valence-electron chi connectivity index (χ1n) is 8.09. The van der Waals surface area contributed by atoms with Crippen molar-refractivity contribution in [3.05, 3.63) is 65.7 Å². The summed E-state index contributed by atoms with van der Waals surface area (Å²) in [7, 11) is 3.85. The highest BCUT2D eigenvalue weighted by Gasteiger charge is 2.09. The van der Waals surface area contributed by atoms with E-state index in [1.807, 2.05) is 54.3 Å². The number of anilines is 1. The highest BCUT2D eigenvalue weighted by Crippen LogP contribution is 2.12. The van der Waals surface area contributed by atoms with E-state index in [0.717, 1.165) is 17.9 Å². The molecular formula is C18H22N6S. The van der Waals surface area contributed by atoms with Crippen LogP contribution in [-0.2, 0) is 20.1 Å². The van der Waals surface area contributed by atoms with Crippen LogP contribution in [0.25, 0.3) is 0 Å². The Hall–Kier alpha value is -2.67. The molecule has 0 saturated heterocycles. The van der Waals surface area contributed by atoms with Crippen molar-refractivity contribution in [2.75, 3.05) is 12.4 Å². The van der Waals surface area contributed by atoms with Gasteiger partial charge in [0.25, 0.3) is 0 Å². The molecule has 0 amide bonds. The maximum Gasteiger partial charge on any atom is 0.173 e. The van der Waals surface area contributed by atoms with Gasteiger partial charge < -0.3 is 10.2 Å². The van der Waals surface area contributed by atoms with E-state index in [1.165, 1.54) is 11.1 Å². The second-order valence-electron chi connectivity index (χ2n) is 6.12. The Balaban J connectivity index is 1.59. The van der Waals surface area contributed by atoms with Gasteiger partial charge >= 0.3 is 0 Å². The van der Waals surface area contributed by atoms with Gasteiger partial charge in [-0.3, -0.25) is 9.36 Å². The Morgan fingerprint density at radius 3 is 2.80 bits per heavy atom. The normalized spacial score (nSPS) is 10.7. The summed E-state index contributed by atoms with van der Waals surface area (Å²) in [5, 5.41) is 12.7. The lowest BCUT2D eigenvalue weighted by molar-refractivity contribution is 0.495. The number of aryl methyl sites for hydroxylation is 2. The quantitative estimate of drug-likeness (QED) is 0.714. The average Bonchev–Trinajstić information content (AvgIpc) is 3.18. The Kier molecular flexibility index (Phi) is 5.14. The second-order valence-corrected chi connectivity index (χ2v) is 6.51. The minimum Gasteiger partial charge on any atom is -0.346 e. The summed E-state index contributed by atoms with van der Waals surface area (Å²) >= 11 is 5.47. The molecule has 130 valence electrons. The number of rotatable bonds is 5. The fourth-order valence-corrected chi connectivity index (χ4v) is 2.74. The molecule has 6 nitrogen and oxygen atoms in total. The smallest absolute Gasteiger partial charge is 0.173 e. The number of nitrogens with one attached hydrogen (secondary N) is 1. The highest BCUT2D eigenvalue weighted by molar-refractivity contribution is 7.80. The van der Waals surface area contributed by atoms with E-state index in [2.05, 4.69) is 34.6 Å². The molecule has 3 aromatic rings. The van der Waals surface area contributed by atoms with Gasteiger partial charge in [0.15, 0.2) is 5.11 Å². The molecule has 0 radical (unpaired) electrons. The molecule has 0 aliphatic carbocycles. The van der Waals surface area contributed by atoms with Gasteiger partial charge in [0.2, 0.25) is 0 Å². The van der Waals surface area contributed by atoms with Crippen LogP contribution in [-0.4, -0.2) is 36.6 Å². The van der Waals surface area contributed by atoms with Gasteiger partial charge in [0, 0.05) is 26.5 Å². The lowest BCUT2D eigenvalue weighted by Gasteiger charge is -2.19. The van der Waals surface area contributed by atoms with Crippen LogP contribution in [0.1, 0.15) is 16.8 Å². The maximum atomic E-state index is 5.47. The van der Waals surface area contributed by atoms with Gasteiger partial charge in [-0.25, -0.2) is 0 Å². The van der Waals surface area contributed by atoms with E-state index < -0.39 is 0 Å². The molecule has 0 spiro atoms. The summed E-state index contributed by atoms with van der Waals surface area (Å²) in [6.45, 7) is 3.51. The lowest BCUT2D eigenvalue weighted by Crippen LogP contribution is -2.30. The van der Waals surface area contributed by atoms with E-state index in [4.69, 9.17) is 12.2 Å². The molecule has 1 N–H and O–H groups in total. The van der Waals surface area contributed by atoms with E-state index in [1.54, 1.807) is 10.9 Å². The Labute approximate surface area is 153 Å². The molecule has 0 aliphatic heterocycles. The molecule has 0 unspecified atom stereocenters. The monoisotopic (exact) mass is 354 g/mol. The fraction of sp³-hybridized carbons (Fsp3) is 0.278. The third-order valence-corrected chi connectivity index (χ3v) is 4.41. The van der Waals surface area contributed by atoms with Gasteiger partial charge in [0.1, 0.15) is 0 Å². The van der Waals surface area contributed by atoms with Crippen LogP contribution in [0.5, 0.6) is 0 Å². The third kappa shape index (κ3) is 4.45. The molecule has 0 atom stereocenters. The minimum atomic E-state index is 0.640. The zero-order chi connectivity index (χ0) is 17.8. The van der Waals surface area contributed by atoms with Crippen LogP contribution in [0.4, 0.5) is 5.69 Å². The molecule has 7 heteroatoms. The van der Waals surface area contributed by atoms with Gasteiger partial charge in [-0.15, -0.1) is 0 Å². The van der Waals surface area contributed by atoms with Crippen molar-refractivity contribution in [1.29, 1.82) is 0 Å². The van der Waals surface area contributed by atoms with Crippen molar-refractivity contribution in [3.63, 3.8) is 0 Å². The van der Waals surface area contributed by atoms with Crippen LogP contribution in [0, 0.1) is 6.92 Å². The Morgan fingerprint density at radius 2 is 2.08 bits per heavy atom. The average molecular weight is 354 g/mol. The summed E-state index contributed by atoms with van der Waals surface area (Å²) < 4.78 is 3.70. The Morgan fingerprint density at radius 1 is 1.28 bits per heavy atom. The highest BCUT2D eigenvalue weighted by atomic mass is 32.1. The van der Waals surface area contributed by atoms with Crippen molar-refractivity contribution >= 4 is 23.0 Å². The fourth-order valence-electron chi connectivity index (χ4n) is 2.56. The number of aromatic nitrogens is 4. The maximum absolute atomic E-state index is 5.47. The zero-order valence-corrected chi connectivity index (χ0v) is 15.5. The standard InChI is InChI=1S/C18H22N6S/c1-14-6-4-5-7-15(14)11-24-13-17(10-19-24)20-18(25)22(2)12-16-8-9-23(3)21-16/h4-10,13H,11-12H2,1-3H3,(H,20,25). The molecule has 3 rings (SSSR count). The van der Waals surface area contributed by atoms with Crippen molar-refractivity contribution in [3.8, 4) is 0 Å². The second kappa shape index (κ2) is 7.48. The zero-order valence-electron chi connectivity index (χ0n) is 14.7. The largest absolute Gasteiger partial charge is 0.346 e. The van der Waals surface area contributed by atoms with E-state index in [-0.39, 0.29) is 0 Å². The molecular weight excluding hydrogens is 332 g/mol. The van der Waals surface area contributed by atoms with Crippen LogP contribution < -0.4 is 5.32 Å². The summed E-state index contributed by atoms with van der Waals surface area (Å²) in [5.41, 5.74) is 4.38. The number of thiocarbonyl (C=S) groups is 1. The SMILES string of the molecule is Cc1ccccc1Cn1cc(NC(=S)N(C)Cc2ccn(C)n2)cn1. The summed E-state index contributed by atoms with van der Waals surface area (Å²) in [4.78, 5) is 1.95. The molecule has 1 aromatic carbocycles. The van der Waals surface area contributed by atoms with Gasteiger partial charge in [-0.05, 0) is 36.3 Å². The molecule has 0 aliphatic rings. The third-order valence-electron chi connectivity index (χ3n) is 3.99. The minimum absolute atomic E-state index is 0.640. The predicted octanol–water partition coefficient (Wildman–Crippen LogP) is 2.80.